The van der Waals surface area contributed by atoms with Crippen LogP contribution in [0.1, 0.15) is 0 Å². The first-order chi connectivity index (χ1) is 5.68. The van der Waals surface area contributed by atoms with Crippen LogP contribution in [0.5, 0.6) is 0 Å². The molecule has 0 saturated carbocycles. The Balaban J connectivity index is 2.18. The van der Waals surface area contributed by atoms with E-state index < -0.39 is 0 Å². The number of nitrogens with one attached hydrogen (secondary N) is 2. The lowest BCUT2D eigenvalue weighted by Crippen LogP contribution is -2.67. The summed E-state index contributed by atoms with van der Waals surface area (Å²) < 4.78 is 0. The van der Waals surface area contributed by atoms with E-state index in [-0.39, 0.29) is 5.54 Å². The molecule has 0 aromatic rings. The van der Waals surface area contributed by atoms with Crippen molar-refractivity contribution in [3.63, 3.8) is 0 Å². The largest absolute Gasteiger partial charge is 0.311 e. The normalized spacial score (nSPS) is 20.2. The van der Waals surface area contributed by atoms with Crippen LogP contribution < -0.4 is 10.6 Å². The van der Waals surface area contributed by atoms with E-state index in [0.717, 1.165) is 26.2 Å². The Bertz CT molecular complexity index is 178. The van der Waals surface area contributed by atoms with E-state index in [1.807, 2.05) is 14.1 Å². The molecule has 68 valence electrons. The van der Waals surface area contributed by atoms with Gasteiger partial charge in [-0.25, -0.2) is 0 Å². The molecule has 4 heteroatoms. The number of rotatable bonds is 4. The van der Waals surface area contributed by atoms with E-state index in [1.165, 1.54) is 0 Å². The first kappa shape index (κ1) is 9.46. The number of likely N-dealkylation sites (N-methyl/N-ethyl adjacent to an activating group) is 1. The van der Waals surface area contributed by atoms with Crippen LogP contribution in [0.4, 0.5) is 0 Å². The third-order valence-corrected chi connectivity index (χ3v) is 2.09. The zero-order valence-corrected chi connectivity index (χ0v) is 7.72. The summed E-state index contributed by atoms with van der Waals surface area (Å²) in [6.07, 6.45) is 0. The molecule has 1 fully saturated rings. The summed E-state index contributed by atoms with van der Waals surface area (Å²) in [6.45, 7) is 3.40. The van der Waals surface area contributed by atoms with Gasteiger partial charge in [0.2, 0.25) is 0 Å². The van der Waals surface area contributed by atoms with Crippen LogP contribution in [-0.2, 0) is 0 Å². The standard InChI is InChI=1S/C8H16N4/c1-12(2)4-3-11-8(5-9)6-10-7-8/h10-11H,3-4,6-7H2,1-2H3. The molecule has 1 heterocycles. The molecular formula is C8H16N4. The molecule has 0 amide bonds. The molecule has 1 aliphatic heterocycles. The topological polar surface area (TPSA) is 51.1 Å². The lowest BCUT2D eigenvalue weighted by molar-refractivity contribution is 0.270. The van der Waals surface area contributed by atoms with E-state index >= 15 is 0 Å². The van der Waals surface area contributed by atoms with E-state index in [9.17, 15) is 0 Å². The second-order valence-corrected chi connectivity index (χ2v) is 3.53. The second-order valence-electron chi connectivity index (χ2n) is 3.53. The monoisotopic (exact) mass is 168 g/mol. The second kappa shape index (κ2) is 3.85. The highest BCUT2D eigenvalue weighted by molar-refractivity contribution is 5.16. The van der Waals surface area contributed by atoms with Crippen LogP contribution in [0, 0.1) is 11.3 Å². The van der Waals surface area contributed by atoms with E-state index in [0.29, 0.717) is 0 Å². The maximum absolute atomic E-state index is 8.84. The average molecular weight is 168 g/mol. The minimum Gasteiger partial charge on any atom is -0.311 e. The van der Waals surface area contributed by atoms with Gasteiger partial charge in [-0.1, -0.05) is 0 Å². The predicted octanol–water partition coefficient (Wildman–Crippen LogP) is -0.997. The Hall–Kier alpha value is -0.630. The maximum Gasteiger partial charge on any atom is 0.131 e. The molecule has 0 radical (unpaired) electrons. The van der Waals surface area contributed by atoms with Gasteiger partial charge in [0.25, 0.3) is 0 Å². The summed E-state index contributed by atoms with van der Waals surface area (Å²) in [4.78, 5) is 2.10. The Morgan fingerprint density at radius 2 is 2.25 bits per heavy atom. The highest BCUT2D eigenvalue weighted by atomic mass is 15.2. The Labute approximate surface area is 73.5 Å². The van der Waals surface area contributed by atoms with Gasteiger partial charge >= 0.3 is 0 Å². The van der Waals surface area contributed by atoms with Gasteiger partial charge < -0.3 is 10.2 Å². The smallest absolute Gasteiger partial charge is 0.131 e. The van der Waals surface area contributed by atoms with Gasteiger partial charge in [0.05, 0.1) is 6.07 Å². The molecule has 0 unspecified atom stereocenters. The molecule has 0 bridgehead atoms. The summed E-state index contributed by atoms with van der Waals surface area (Å²) in [6, 6.07) is 2.30. The van der Waals surface area contributed by atoms with E-state index in [2.05, 4.69) is 21.6 Å². The lowest BCUT2D eigenvalue weighted by Gasteiger charge is -2.37. The molecule has 1 aliphatic rings. The SMILES string of the molecule is CN(C)CCNC1(C#N)CNC1. The fraction of sp³-hybridized carbons (Fsp3) is 0.875. The number of nitriles is 1. The quantitative estimate of drug-likeness (QED) is 0.565. The van der Waals surface area contributed by atoms with Gasteiger partial charge in [0.1, 0.15) is 5.54 Å². The van der Waals surface area contributed by atoms with Crippen molar-refractivity contribution >= 4 is 0 Å². The van der Waals surface area contributed by atoms with Gasteiger partial charge in [0, 0.05) is 26.2 Å². The summed E-state index contributed by atoms with van der Waals surface area (Å²) in [7, 11) is 4.06. The number of hydrogen-bond donors (Lipinski definition) is 2. The van der Waals surface area contributed by atoms with Crippen molar-refractivity contribution < 1.29 is 0 Å². The van der Waals surface area contributed by atoms with Crippen LogP contribution in [-0.4, -0.2) is 50.7 Å². The highest BCUT2D eigenvalue weighted by Gasteiger charge is 2.36. The first-order valence-corrected chi connectivity index (χ1v) is 4.20. The molecule has 0 atom stereocenters. The summed E-state index contributed by atoms with van der Waals surface area (Å²) in [5, 5.41) is 15.2. The Morgan fingerprint density at radius 3 is 2.58 bits per heavy atom. The molecule has 2 N–H and O–H groups in total. The molecule has 12 heavy (non-hydrogen) atoms. The number of hydrogen-bond acceptors (Lipinski definition) is 4. The molecule has 0 aromatic heterocycles. The van der Waals surface area contributed by atoms with Gasteiger partial charge in [-0.2, -0.15) is 5.26 Å². The average Bonchev–Trinajstić information content (AvgIpc) is 1.94. The fourth-order valence-corrected chi connectivity index (χ4v) is 1.14. The van der Waals surface area contributed by atoms with Crippen molar-refractivity contribution in [1.29, 1.82) is 5.26 Å². The maximum atomic E-state index is 8.84. The van der Waals surface area contributed by atoms with Crippen LogP contribution in [0.25, 0.3) is 0 Å². The zero-order valence-electron chi connectivity index (χ0n) is 7.72. The van der Waals surface area contributed by atoms with Gasteiger partial charge in [-0.3, -0.25) is 5.32 Å². The van der Waals surface area contributed by atoms with E-state index in [1.54, 1.807) is 0 Å². The summed E-state index contributed by atoms with van der Waals surface area (Å²) in [5.74, 6) is 0. The van der Waals surface area contributed by atoms with Crippen LogP contribution in [0.15, 0.2) is 0 Å². The molecule has 1 saturated heterocycles. The Morgan fingerprint density at radius 1 is 1.58 bits per heavy atom. The number of nitrogens with zero attached hydrogens (tertiary/aromatic N) is 2. The minimum atomic E-state index is -0.282. The van der Waals surface area contributed by atoms with Gasteiger partial charge in [0.15, 0.2) is 0 Å². The molecule has 4 nitrogen and oxygen atoms in total. The van der Waals surface area contributed by atoms with Crippen molar-refractivity contribution in [3.05, 3.63) is 0 Å². The molecule has 1 rings (SSSR count). The fourth-order valence-electron chi connectivity index (χ4n) is 1.14. The molecule has 0 aliphatic carbocycles. The Kier molecular flexibility index (Phi) is 3.04. The van der Waals surface area contributed by atoms with E-state index in [4.69, 9.17) is 5.26 Å². The highest BCUT2D eigenvalue weighted by Crippen LogP contribution is 2.07. The summed E-state index contributed by atoms with van der Waals surface area (Å²) in [5.41, 5.74) is -0.282. The summed E-state index contributed by atoms with van der Waals surface area (Å²) >= 11 is 0. The molecule has 0 spiro atoms. The van der Waals surface area contributed by atoms with Gasteiger partial charge in [-0.15, -0.1) is 0 Å². The van der Waals surface area contributed by atoms with Crippen molar-refractivity contribution in [2.24, 2.45) is 0 Å². The minimum absolute atomic E-state index is 0.282. The third kappa shape index (κ3) is 2.18. The van der Waals surface area contributed by atoms with Crippen molar-refractivity contribution in [2.45, 2.75) is 5.54 Å². The van der Waals surface area contributed by atoms with Crippen LogP contribution in [0.2, 0.25) is 0 Å². The first-order valence-electron chi connectivity index (χ1n) is 4.20. The zero-order chi connectivity index (χ0) is 9.03. The third-order valence-electron chi connectivity index (χ3n) is 2.09. The van der Waals surface area contributed by atoms with Gasteiger partial charge in [-0.05, 0) is 14.1 Å². The van der Waals surface area contributed by atoms with Crippen molar-refractivity contribution in [1.82, 2.24) is 15.5 Å². The van der Waals surface area contributed by atoms with Crippen LogP contribution >= 0.6 is 0 Å². The molecule has 0 aromatic carbocycles. The lowest BCUT2D eigenvalue weighted by atomic mass is 9.94. The van der Waals surface area contributed by atoms with Crippen molar-refractivity contribution in [3.8, 4) is 6.07 Å². The molecular weight excluding hydrogens is 152 g/mol. The van der Waals surface area contributed by atoms with Crippen LogP contribution in [0.3, 0.4) is 0 Å². The van der Waals surface area contributed by atoms with Crippen molar-refractivity contribution in [2.75, 3.05) is 40.3 Å². The predicted molar refractivity (Wildman–Crippen MR) is 47.8 cm³/mol.